The van der Waals surface area contributed by atoms with E-state index in [9.17, 15) is 9.59 Å². The van der Waals surface area contributed by atoms with Gasteiger partial charge in [-0.05, 0) is 31.1 Å². The summed E-state index contributed by atoms with van der Waals surface area (Å²) in [5.74, 6) is 1.76. The molecule has 7 heteroatoms. The zero-order valence-electron chi connectivity index (χ0n) is 16.6. The third-order valence-corrected chi connectivity index (χ3v) is 4.86. The number of allylic oxidation sites excluding steroid dienone is 4. The Morgan fingerprint density at radius 1 is 1.39 bits per heavy atom. The standard InChI is InChI=1S/C14H20N2O.C7H9NO2S/c1-4-8-13(5-2)17-12-11-16(3)14-9-6-7-10-15-14;1-2-3-4-5-6(9)8-7(10)11-5/h4,6-10H,1,5,11-12H2,2-3H3;2,5H,1,3-4H2,(H,8,9,10)/b13-8+;. The molecule has 0 bridgehead atoms. The lowest BCUT2D eigenvalue weighted by atomic mass is 10.2. The van der Waals surface area contributed by atoms with Gasteiger partial charge in [0, 0.05) is 19.7 Å². The molecular weight excluding hydrogens is 374 g/mol. The lowest BCUT2D eigenvalue weighted by molar-refractivity contribution is -0.119. The first-order chi connectivity index (χ1) is 13.5. The van der Waals surface area contributed by atoms with Gasteiger partial charge in [-0.3, -0.25) is 14.9 Å². The van der Waals surface area contributed by atoms with Gasteiger partial charge in [0.25, 0.3) is 5.24 Å². The summed E-state index contributed by atoms with van der Waals surface area (Å²) < 4.78 is 5.64. The summed E-state index contributed by atoms with van der Waals surface area (Å²) in [7, 11) is 2.01. The van der Waals surface area contributed by atoms with Gasteiger partial charge in [0.1, 0.15) is 12.4 Å². The maximum absolute atomic E-state index is 10.9. The van der Waals surface area contributed by atoms with Crippen molar-refractivity contribution in [3.63, 3.8) is 0 Å². The van der Waals surface area contributed by atoms with Crippen LogP contribution in [0.5, 0.6) is 0 Å². The SMILES string of the molecule is C=C/C=C(\CC)OCCN(C)c1ccccn1.C=CCCC1SC(=O)NC1=O. The average molecular weight is 404 g/mol. The highest BCUT2D eigenvalue weighted by molar-refractivity contribution is 8.15. The van der Waals surface area contributed by atoms with Crippen LogP contribution in [0.2, 0.25) is 0 Å². The number of hydrogen-bond acceptors (Lipinski definition) is 6. The number of likely N-dealkylation sites (N-methyl/N-ethyl adjacent to an activating group) is 1. The highest BCUT2D eigenvalue weighted by Crippen LogP contribution is 2.22. The fraction of sp³-hybridized carbons (Fsp3) is 0.381. The molecule has 2 heterocycles. The minimum absolute atomic E-state index is 0.165. The predicted octanol–water partition coefficient (Wildman–Crippen LogP) is 4.32. The Morgan fingerprint density at radius 2 is 2.18 bits per heavy atom. The molecule has 1 unspecified atom stereocenters. The van der Waals surface area contributed by atoms with Crippen molar-refractivity contribution in [3.05, 3.63) is 61.5 Å². The fourth-order valence-electron chi connectivity index (χ4n) is 2.26. The van der Waals surface area contributed by atoms with Gasteiger partial charge in [-0.2, -0.15) is 0 Å². The Kier molecular flexibility index (Phi) is 11.4. The number of anilines is 1. The van der Waals surface area contributed by atoms with Gasteiger partial charge in [0.15, 0.2) is 0 Å². The second-order valence-electron chi connectivity index (χ2n) is 5.93. The number of carbonyl (C=O) groups excluding carboxylic acids is 2. The van der Waals surface area contributed by atoms with Gasteiger partial charge in [-0.15, -0.1) is 6.58 Å². The number of imide groups is 1. The monoisotopic (exact) mass is 403 g/mol. The van der Waals surface area contributed by atoms with Crippen molar-refractivity contribution in [2.75, 3.05) is 25.1 Å². The molecule has 0 aromatic carbocycles. The van der Waals surface area contributed by atoms with Gasteiger partial charge >= 0.3 is 0 Å². The lowest BCUT2D eigenvalue weighted by Crippen LogP contribution is -2.23. The largest absolute Gasteiger partial charge is 0.496 e. The van der Waals surface area contributed by atoms with E-state index in [-0.39, 0.29) is 16.4 Å². The molecule has 0 aliphatic carbocycles. The number of nitrogens with zero attached hydrogens (tertiary/aromatic N) is 2. The van der Waals surface area contributed by atoms with E-state index < -0.39 is 0 Å². The third kappa shape index (κ3) is 8.90. The van der Waals surface area contributed by atoms with Gasteiger partial charge in [-0.1, -0.05) is 43.5 Å². The number of ether oxygens (including phenoxy) is 1. The summed E-state index contributed by atoms with van der Waals surface area (Å²) in [4.78, 5) is 27.9. The molecule has 1 aromatic rings. The van der Waals surface area contributed by atoms with Crippen LogP contribution >= 0.6 is 11.8 Å². The smallest absolute Gasteiger partial charge is 0.286 e. The van der Waals surface area contributed by atoms with Gasteiger partial charge in [0.05, 0.1) is 17.6 Å². The van der Waals surface area contributed by atoms with Crippen molar-refractivity contribution in [2.45, 2.75) is 31.4 Å². The number of pyridine rings is 1. The molecule has 1 N–H and O–H groups in total. The number of thioether (sulfide) groups is 1. The van der Waals surface area contributed by atoms with Crippen LogP contribution in [0.1, 0.15) is 26.2 Å². The molecule has 1 saturated heterocycles. The quantitative estimate of drug-likeness (QED) is 0.356. The van der Waals surface area contributed by atoms with Crippen LogP contribution in [-0.4, -0.2) is 41.6 Å². The van der Waals surface area contributed by atoms with Crippen LogP contribution in [-0.2, 0) is 9.53 Å². The minimum Gasteiger partial charge on any atom is -0.496 e. The molecule has 1 atom stereocenters. The first kappa shape index (κ1) is 23.5. The Labute approximate surface area is 171 Å². The van der Waals surface area contributed by atoms with Crippen molar-refractivity contribution in [1.82, 2.24) is 10.3 Å². The number of carbonyl (C=O) groups is 2. The van der Waals surface area contributed by atoms with Crippen molar-refractivity contribution < 1.29 is 14.3 Å². The second-order valence-corrected chi connectivity index (χ2v) is 7.10. The summed E-state index contributed by atoms with van der Waals surface area (Å²) in [5.41, 5.74) is 0. The van der Waals surface area contributed by atoms with E-state index in [0.717, 1.165) is 42.7 Å². The Balaban J connectivity index is 0.000000307. The van der Waals surface area contributed by atoms with E-state index in [1.54, 1.807) is 18.3 Å². The predicted molar refractivity (Wildman–Crippen MR) is 116 cm³/mol. The highest BCUT2D eigenvalue weighted by Gasteiger charge is 2.30. The van der Waals surface area contributed by atoms with E-state index in [1.165, 1.54) is 0 Å². The van der Waals surface area contributed by atoms with Crippen LogP contribution < -0.4 is 10.2 Å². The molecule has 0 spiro atoms. The Hall–Kier alpha value is -2.54. The zero-order valence-corrected chi connectivity index (χ0v) is 17.4. The van der Waals surface area contributed by atoms with Crippen molar-refractivity contribution in [1.29, 1.82) is 0 Å². The zero-order chi connectivity index (χ0) is 20.8. The molecule has 152 valence electrons. The topological polar surface area (TPSA) is 71.5 Å². The van der Waals surface area contributed by atoms with Crippen molar-refractivity contribution in [2.24, 2.45) is 0 Å². The average Bonchev–Trinajstić information content (AvgIpc) is 3.03. The van der Waals surface area contributed by atoms with Gasteiger partial charge < -0.3 is 9.64 Å². The Morgan fingerprint density at radius 3 is 2.71 bits per heavy atom. The van der Waals surface area contributed by atoms with Gasteiger partial charge in [0.2, 0.25) is 5.91 Å². The summed E-state index contributed by atoms with van der Waals surface area (Å²) in [6, 6.07) is 5.88. The first-order valence-corrected chi connectivity index (χ1v) is 10.1. The fourth-order valence-corrected chi connectivity index (χ4v) is 3.10. The van der Waals surface area contributed by atoms with E-state index in [2.05, 4.69) is 35.3 Å². The number of aromatic nitrogens is 1. The lowest BCUT2D eigenvalue weighted by Gasteiger charge is -2.18. The van der Waals surface area contributed by atoms with E-state index in [1.807, 2.05) is 31.3 Å². The molecule has 1 fully saturated rings. The number of nitrogens with one attached hydrogen (secondary N) is 1. The molecule has 0 radical (unpaired) electrons. The third-order valence-electron chi connectivity index (χ3n) is 3.81. The van der Waals surface area contributed by atoms with Crippen LogP contribution in [0.15, 0.2) is 61.5 Å². The summed E-state index contributed by atoms with van der Waals surface area (Å²) in [6.07, 6.45) is 9.56. The van der Waals surface area contributed by atoms with Crippen LogP contribution in [0.25, 0.3) is 0 Å². The van der Waals surface area contributed by atoms with Crippen molar-refractivity contribution >= 4 is 28.7 Å². The molecule has 1 aliphatic heterocycles. The van der Waals surface area contributed by atoms with Crippen LogP contribution in [0.4, 0.5) is 10.6 Å². The molecule has 2 rings (SSSR count). The highest BCUT2D eigenvalue weighted by atomic mass is 32.2. The summed E-state index contributed by atoms with van der Waals surface area (Å²) in [5, 5.41) is 1.80. The summed E-state index contributed by atoms with van der Waals surface area (Å²) in [6.45, 7) is 10.7. The van der Waals surface area contributed by atoms with Crippen LogP contribution in [0.3, 0.4) is 0 Å². The number of amides is 2. The van der Waals surface area contributed by atoms with Crippen molar-refractivity contribution in [3.8, 4) is 0 Å². The maximum Gasteiger partial charge on any atom is 0.286 e. The molecule has 2 amide bonds. The molecule has 28 heavy (non-hydrogen) atoms. The molecule has 6 nitrogen and oxygen atoms in total. The van der Waals surface area contributed by atoms with E-state index in [4.69, 9.17) is 4.74 Å². The first-order valence-electron chi connectivity index (χ1n) is 9.20. The number of rotatable bonds is 10. The van der Waals surface area contributed by atoms with E-state index >= 15 is 0 Å². The molecule has 1 aliphatic rings. The molecular formula is C21H29N3O3S. The van der Waals surface area contributed by atoms with E-state index in [0.29, 0.717) is 13.0 Å². The summed E-state index contributed by atoms with van der Waals surface area (Å²) >= 11 is 1.07. The Bertz CT molecular complexity index is 677. The minimum atomic E-state index is -0.232. The molecule has 0 saturated carbocycles. The molecule has 1 aromatic heterocycles. The van der Waals surface area contributed by atoms with Crippen LogP contribution in [0, 0.1) is 0 Å². The number of hydrogen-bond donors (Lipinski definition) is 1. The normalized spacial score (nSPS) is 15.9. The van der Waals surface area contributed by atoms with Gasteiger partial charge in [-0.25, -0.2) is 4.98 Å². The second kappa shape index (κ2) is 13.6. The maximum atomic E-state index is 10.9.